The molecule has 1 aliphatic rings. The molecule has 0 saturated heterocycles. The van der Waals surface area contributed by atoms with Gasteiger partial charge in [-0.25, -0.2) is 8.42 Å². The van der Waals surface area contributed by atoms with Gasteiger partial charge in [0.1, 0.15) is 0 Å². The van der Waals surface area contributed by atoms with Crippen LogP contribution in [0.4, 0.5) is 24.5 Å². The van der Waals surface area contributed by atoms with Gasteiger partial charge in [0.2, 0.25) is 10.0 Å². The molecule has 0 spiro atoms. The standard InChI is InChI=1S/C17H13BrClF3N2O3S/c18-10-2-6-14(24-28(26,27)11-3-4-11)12(8-10)16(25)23-15-5-1-9(7-13(15)19)17(20,21)22/h1-2,5-8,11,24H,3-4H2,(H,23,25). The van der Waals surface area contributed by atoms with Gasteiger partial charge in [-0.15, -0.1) is 0 Å². The van der Waals surface area contributed by atoms with Crippen LogP contribution in [0.3, 0.4) is 0 Å². The summed E-state index contributed by atoms with van der Waals surface area (Å²) < 4.78 is 65.5. The number of rotatable bonds is 5. The predicted molar refractivity (Wildman–Crippen MR) is 104 cm³/mol. The first-order valence-corrected chi connectivity index (χ1v) is 10.7. The summed E-state index contributed by atoms with van der Waals surface area (Å²) in [5, 5.41) is 1.63. The lowest BCUT2D eigenvalue weighted by Crippen LogP contribution is -2.21. The normalized spacial score (nSPS) is 14.6. The molecule has 1 amide bonds. The lowest BCUT2D eigenvalue weighted by molar-refractivity contribution is -0.137. The molecule has 0 aliphatic heterocycles. The first-order valence-electron chi connectivity index (χ1n) is 7.96. The van der Waals surface area contributed by atoms with Crippen LogP contribution in [0.5, 0.6) is 0 Å². The summed E-state index contributed by atoms with van der Waals surface area (Å²) in [4.78, 5) is 12.6. The first-order chi connectivity index (χ1) is 13.0. The maximum absolute atomic E-state index is 12.7. The van der Waals surface area contributed by atoms with Crippen LogP contribution in [0.25, 0.3) is 0 Å². The zero-order valence-electron chi connectivity index (χ0n) is 14.0. The van der Waals surface area contributed by atoms with Gasteiger partial charge in [0.05, 0.1) is 32.8 Å². The van der Waals surface area contributed by atoms with Gasteiger partial charge in [0.15, 0.2) is 0 Å². The Morgan fingerprint density at radius 1 is 1.11 bits per heavy atom. The van der Waals surface area contributed by atoms with E-state index in [0.717, 1.165) is 12.1 Å². The zero-order chi connectivity index (χ0) is 20.7. The summed E-state index contributed by atoms with van der Waals surface area (Å²) in [5.41, 5.74) is -0.920. The van der Waals surface area contributed by atoms with E-state index < -0.39 is 32.9 Å². The molecule has 0 heterocycles. The van der Waals surface area contributed by atoms with Crippen LogP contribution in [-0.4, -0.2) is 19.6 Å². The lowest BCUT2D eigenvalue weighted by atomic mass is 10.1. The van der Waals surface area contributed by atoms with E-state index in [1.165, 1.54) is 12.1 Å². The fourth-order valence-corrected chi connectivity index (χ4v) is 4.39. The third-order valence-corrected chi connectivity index (χ3v) is 6.65. The second-order valence-electron chi connectivity index (χ2n) is 6.18. The van der Waals surface area contributed by atoms with Gasteiger partial charge in [-0.3, -0.25) is 9.52 Å². The number of benzene rings is 2. The molecule has 1 saturated carbocycles. The highest BCUT2D eigenvalue weighted by molar-refractivity contribution is 9.10. The summed E-state index contributed by atoms with van der Waals surface area (Å²) in [6.45, 7) is 0. The van der Waals surface area contributed by atoms with Gasteiger partial charge < -0.3 is 5.32 Å². The Labute approximate surface area is 172 Å². The smallest absolute Gasteiger partial charge is 0.321 e. The Bertz CT molecular complexity index is 1040. The molecule has 1 aliphatic carbocycles. The van der Waals surface area contributed by atoms with Crippen molar-refractivity contribution < 1.29 is 26.4 Å². The van der Waals surface area contributed by atoms with Crippen LogP contribution in [0.15, 0.2) is 40.9 Å². The number of carbonyl (C=O) groups excluding carboxylic acids is 1. The van der Waals surface area contributed by atoms with Gasteiger partial charge in [0, 0.05) is 4.47 Å². The highest BCUT2D eigenvalue weighted by Gasteiger charge is 2.36. The Morgan fingerprint density at radius 3 is 2.32 bits per heavy atom. The predicted octanol–water partition coefficient (Wildman–Crippen LogP) is 5.28. The maximum Gasteiger partial charge on any atom is 0.416 e. The molecule has 2 aromatic carbocycles. The molecule has 150 valence electrons. The minimum absolute atomic E-state index is 0.00503. The van der Waals surface area contributed by atoms with Crippen molar-refractivity contribution in [1.82, 2.24) is 0 Å². The number of nitrogens with one attached hydrogen (secondary N) is 2. The largest absolute Gasteiger partial charge is 0.416 e. The maximum atomic E-state index is 12.7. The van der Waals surface area contributed by atoms with Crippen molar-refractivity contribution in [3.63, 3.8) is 0 Å². The lowest BCUT2D eigenvalue weighted by Gasteiger charge is -2.14. The fraction of sp³-hybridized carbons (Fsp3) is 0.235. The van der Waals surface area contributed by atoms with Crippen LogP contribution in [0.1, 0.15) is 28.8 Å². The van der Waals surface area contributed by atoms with Crippen LogP contribution < -0.4 is 10.0 Å². The van der Waals surface area contributed by atoms with E-state index in [1.807, 2.05) is 0 Å². The second-order valence-corrected chi connectivity index (χ2v) is 9.47. The van der Waals surface area contributed by atoms with Crippen LogP contribution >= 0.6 is 27.5 Å². The molecule has 0 radical (unpaired) electrons. The molecule has 3 rings (SSSR count). The first kappa shape index (κ1) is 20.9. The van der Waals surface area contributed by atoms with E-state index in [9.17, 15) is 26.4 Å². The fourth-order valence-electron chi connectivity index (χ4n) is 2.39. The molecule has 0 aromatic heterocycles. The van der Waals surface area contributed by atoms with Crippen LogP contribution in [0, 0.1) is 0 Å². The van der Waals surface area contributed by atoms with Gasteiger partial charge >= 0.3 is 6.18 Å². The molecule has 2 aromatic rings. The Morgan fingerprint density at radius 2 is 1.75 bits per heavy atom. The minimum Gasteiger partial charge on any atom is -0.321 e. The average Bonchev–Trinajstić information content (AvgIpc) is 3.42. The SMILES string of the molecule is O=C(Nc1ccc(C(F)(F)F)cc1Cl)c1cc(Br)ccc1NS(=O)(=O)C1CC1. The summed E-state index contributed by atoms with van der Waals surface area (Å²) in [6, 6.07) is 6.92. The topological polar surface area (TPSA) is 75.3 Å². The van der Waals surface area contributed by atoms with E-state index >= 15 is 0 Å². The third-order valence-electron chi connectivity index (χ3n) is 3.99. The van der Waals surface area contributed by atoms with Crippen molar-refractivity contribution in [2.24, 2.45) is 0 Å². The molecule has 1 fully saturated rings. The molecule has 28 heavy (non-hydrogen) atoms. The van der Waals surface area contributed by atoms with E-state index in [-0.39, 0.29) is 22.0 Å². The van der Waals surface area contributed by atoms with Crippen molar-refractivity contribution in [2.45, 2.75) is 24.3 Å². The molecule has 0 atom stereocenters. The van der Waals surface area contributed by atoms with Crippen molar-refractivity contribution in [3.05, 3.63) is 57.0 Å². The average molecular weight is 498 g/mol. The van der Waals surface area contributed by atoms with E-state index in [1.54, 1.807) is 6.07 Å². The van der Waals surface area contributed by atoms with Gasteiger partial charge in [-0.2, -0.15) is 13.2 Å². The van der Waals surface area contributed by atoms with E-state index in [4.69, 9.17) is 11.6 Å². The molecule has 0 unspecified atom stereocenters. The number of sulfonamides is 1. The number of anilines is 2. The second kappa shape index (κ2) is 7.57. The van der Waals surface area contributed by atoms with E-state index in [0.29, 0.717) is 23.4 Å². The van der Waals surface area contributed by atoms with Crippen LogP contribution in [0.2, 0.25) is 5.02 Å². The Hall–Kier alpha value is -1.78. The monoisotopic (exact) mass is 496 g/mol. The van der Waals surface area contributed by atoms with E-state index in [2.05, 4.69) is 26.0 Å². The van der Waals surface area contributed by atoms with Crippen LogP contribution in [-0.2, 0) is 16.2 Å². The minimum atomic E-state index is -4.56. The Kier molecular flexibility index (Phi) is 5.66. The van der Waals surface area contributed by atoms with Crippen molar-refractivity contribution in [2.75, 3.05) is 10.0 Å². The summed E-state index contributed by atoms with van der Waals surface area (Å²) >= 11 is 9.07. The quantitative estimate of drug-likeness (QED) is 0.590. The number of hydrogen-bond donors (Lipinski definition) is 2. The number of hydrogen-bond acceptors (Lipinski definition) is 3. The zero-order valence-corrected chi connectivity index (χ0v) is 17.1. The molecule has 0 bridgehead atoms. The molecule has 11 heteroatoms. The number of amides is 1. The highest BCUT2D eigenvalue weighted by atomic mass is 79.9. The summed E-state index contributed by atoms with van der Waals surface area (Å²) in [6.07, 6.45) is -3.46. The number of alkyl halides is 3. The molecule has 2 N–H and O–H groups in total. The third kappa shape index (κ3) is 4.79. The van der Waals surface area contributed by atoms with Gasteiger partial charge in [-0.05, 0) is 49.2 Å². The molecule has 5 nitrogen and oxygen atoms in total. The van der Waals surface area contributed by atoms with Crippen molar-refractivity contribution >= 4 is 54.8 Å². The summed E-state index contributed by atoms with van der Waals surface area (Å²) in [7, 11) is -3.61. The van der Waals surface area contributed by atoms with Gasteiger partial charge in [-0.1, -0.05) is 27.5 Å². The van der Waals surface area contributed by atoms with Crippen molar-refractivity contribution in [1.29, 1.82) is 0 Å². The number of halogens is 5. The number of carbonyl (C=O) groups is 1. The molecular weight excluding hydrogens is 485 g/mol. The highest BCUT2D eigenvalue weighted by Crippen LogP contribution is 2.35. The summed E-state index contributed by atoms with van der Waals surface area (Å²) in [5.74, 6) is -0.726. The van der Waals surface area contributed by atoms with Gasteiger partial charge in [0.25, 0.3) is 5.91 Å². The molecular formula is C17H13BrClF3N2O3S. The Balaban J connectivity index is 1.87. The van der Waals surface area contributed by atoms with Crippen molar-refractivity contribution in [3.8, 4) is 0 Å².